The number of methoxy groups -OCH3 is 1. The summed E-state index contributed by atoms with van der Waals surface area (Å²) in [6.45, 7) is 6.83. The molecule has 0 atom stereocenters. The van der Waals surface area contributed by atoms with Crippen molar-refractivity contribution < 1.29 is 14.3 Å². The maximum absolute atomic E-state index is 11.6. The van der Waals surface area contributed by atoms with E-state index < -0.39 is 0 Å². The lowest BCUT2D eigenvalue weighted by molar-refractivity contribution is -0.122. The molecule has 2 aromatic carbocycles. The number of likely N-dealkylation sites (tertiary alicyclic amines) is 1. The van der Waals surface area contributed by atoms with Crippen LogP contribution in [0, 0.1) is 13.8 Å². The maximum Gasteiger partial charge on any atom is 0.257 e. The van der Waals surface area contributed by atoms with Crippen molar-refractivity contribution in [2.45, 2.75) is 39.3 Å². The lowest BCUT2D eigenvalue weighted by Gasteiger charge is -2.33. The van der Waals surface area contributed by atoms with E-state index in [-0.39, 0.29) is 18.6 Å². The van der Waals surface area contributed by atoms with Crippen LogP contribution in [0.4, 0.5) is 5.69 Å². The molecule has 3 N–H and O–H groups in total. The van der Waals surface area contributed by atoms with E-state index >= 15 is 0 Å². The number of aromatic amines is 1. The molecule has 0 spiro atoms. The minimum Gasteiger partial charge on any atom is -0.497 e. The van der Waals surface area contributed by atoms with E-state index in [0.717, 1.165) is 66.1 Å². The van der Waals surface area contributed by atoms with Gasteiger partial charge >= 0.3 is 0 Å². The van der Waals surface area contributed by atoms with Gasteiger partial charge in [0, 0.05) is 38.3 Å². The molecule has 1 aliphatic heterocycles. The third kappa shape index (κ3) is 6.16. The average molecular weight is 563 g/mol. The molecule has 1 amide bonds. The topological polar surface area (TPSA) is 104 Å². The predicted molar refractivity (Wildman–Crippen MR) is 158 cm³/mol. The number of hydrogen-bond donors (Lipinski definition) is 3. The number of imidazole rings is 1. The molecule has 0 unspecified atom stereocenters. The van der Waals surface area contributed by atoms with Gasteiger partial charge in [-0.3, -0.25) is 9.69 Å². The van der Waals surface area contributed by atoms with E-state index in [0.29, 0.717) is 22.2 Å². The Kier molecular flexibility index (Phi) is 8.42. The van der Waals surface area contributed by atoms with Crippen LogP contribution < -0.4 is 20.1 Å². The van der Waals surface area contributed by atoms with Crippen LogP contribution in [0.2, 0.25) is 5.02 Å². The first-order chi connectivity index (χ1) is 19.3. The lowest BCUT2D eigenvalue weighted by Crippen LogP contribution is -2.38. The second-order valence-electron chi connectivity index (χ2n) is 10.2. The number of carbonyl (C=O) groups excluding carboxylic acids is 1. The maximum atomic E-state index is 11.6. The molecule has 0 saturated carbocycles. The Hall–Kier alpha value is -3.82. The number of H-pyrrole nitrogens is 1. The number of carbonyl (C=O) groups is 1. The number of pyridine rings is 1. The Balaban J connectivity index is 1.29. The lowest BCUT2D eigenvalue weighted by atomic mass is 10.0. The highest BCUT2D eigenvalue weighted by Gasteiger charge is 2.23. The zero-order valence-electron chi connectivity index (χ0n) is 23.3. The molecule has 2 aromatic heterocycles. The van der Waals surface area contributed by atoms with E-state index in [9.17, 15) is 4.79 Å². The summed E-state index contributed by atoms with van der Waals surface area (Å²) in [6, 6.07) is 12.5. The Bertz CT molecular complexity index is 1500. The molecule has 0 radical (unpaired) electrons. The van der Waals surface area contributed by atoms with Gasteiger partial charge in [-0.05, 0) is 67.6 Å². The molecule has 1 fully saturated rings. The monoisotopic (exact) mass is 562 g/mol. The second-order valence-corrected chi connectivity index (χ2v) is 10.6. The number of hydrogen-bond acceptors (Lipinski definition) is 7. The third-order valence-electron chi connectivity index (χ3n) is 7.38. The van der Waals surface area contributed by atoms with Crippen LogP contribution in [-0.2, 0) is 11.3 Å². The van der Waals surface area contributed by atoms with Crippen molar-refractivity contribution in [1.29, 1.82) is 0 Å². The smallest absolute Gasteiger partial charge is 0.257 e. The Morgan fingerprint density at radius 2 is 1.90 bits per heavy atom. The summed E-state index contributed by atoms with van der Waals surface area (Å²) < 4.78 is 11.0. The summed E-state index contributed by atoms with van der Waals surface area (Å²) in [7, 11) is 3.28. The summed E-state index contributed by atoms with van der Waals surface area (Å²) in [5.41, 5.74) is 6.32. The van der Waals surface area contributed by atoms with Crippen LogP contribution in [0.15, 0.2) is 42.6 Å². The zero-order chi connectivity index (χ0) is 28.2. The number of amides is 1. The van der Waals surface area contributed by atoms with Crippen molar-refractivity contribution in [1.82, 2.24) is 25.2 Å². The largest absolute Gasteiger partial charge is 0.497 e. The minimum atomic E-state index is -0.177. The van der Waals surface area contributed by atoms with Gasteiger partial charge in [0.05, 0.1) is 24.0 Å². The molecule has 210 valence electrons. The van der Waals surface area contributed by atoms with Gasteiger partial charge in [0.15, 0.2) is 12.3 Å². The summed E-state index contributed by atoms with van der Waals surface area (Å²) in [4.78, 5) is 26.9. The first kappa shape index (κ1) is 27.7. The van der Waals surface area contributed by atoms with Crippen LogP contribution >= 0.6 is 11.6 Å². The van der Waals surface area contributed by atoms with Gasteiger partial charge in [0.1, 0.15) is 22.8 Å². The molecule has 10 heteroatoms. The molecule has 0 bridgehead atoms. The molecule has 9 nitrogen and oxygen atoms in total. The van der Waals surface area contributed by atoms with Gasteiger partial charge in [-0.2, -0.15) is 0 Å². The fraction of sp³-hybridized carbons (Fsp3) is 0.367. The summed E-state index contributed by atoms with van der Waals surface area (Å²) in [5.74, 6) is 2.08. The SMILES string of the molecule is CNC(=O)COc1cc(C)c(-c2nc3c(NC4CCN(Cc5ccc(OC)cc5)CC4)c(Cl)cnc3[nH]2)cc1C. The van der Waals surface area contributed by atoms with Crippen LogP contribution in [0.1, 0.15) is 29.5 Å². The molecular formula is C30H35ClN6O3. The van der Waals surface area contributed by atoms with Crippen molar-refractivity contribution in [3.8, 4) is 22.9 Å². The van der Waals surface area contributed by atoms with Crippen LogP contribution in [0.5, 0.6) is 11.5 Å². The number of aromatic nitrogens is 3. The van der Waals surface area contributed by atoms with Crippen LogP contribution in [-0.4, -0.2) is 65.7 Å². The summed E-state index contributed by atoms with van der Waals surface area (Å²) >= 11 is 6.64. The fourth-order valence-electron chi connectivity index (χ4n) is 5.04. The van der Waals surface area contributed by atoms with E-state index in [2.05, 4.69) is 37.6 Å². The number of halogens is 1. The van der Waals surface area contributed by atoms with Crippen molar-refractivity contribution in [2.24, 2.45) is 0 Å². The first-order valence-corrected chi connectivity index (χ1v) is 13.8. The number of fused-ring (bicyclic) bond motifs is 1. The molecule has 40 heavy (non-hydrogen) atoms. The number of nitrogens with zero attached hydrogens (tertiary/aromatic N) is 3. The molecule has 1 saturated heterocycles. The number of aryl methyl sites for hydroxylation is 2. The van der Waals surface area contributed by atoms with E-state index in [1.54, 1.807) is 20.4 Å². The first-order valence-electron chi connectivity index (χ1n) is 13.5. The quantitative estimate of drug-likeness (QED) is 0.260. The number of rotatable bonds is 9. The number of nitrogens with one attached hydrogen (secondary N) is 3. The van der Waals surface area contributed by atoms with Crippen molar-refractivity contribution in [3.05, 3.63) is 64.3 Å². The van der Waals surface area contributed by atoms with Gasteiger partial charge in [-0.25, -0.2) is 9.97 Å². The highest BCUT2D eigenvalue weighted by atomic mass is 35.5. The second kappa shape index (κ2) is 12.1. The normalized spacial score (nSPS) is 14.3. The number of ether oxygens (including phenoxy) is 2. The molecule has 3 heterocycles. The number of benzene rings is 2. The Morgan fingerprint density at radius 1 is 1.15 bits per heavy atom. The van der Waals surface area contributed by atoms with Crippen molar-refractivity contribution in [2.75, 3.05) is 39.2 Å². The third-order valence-corrected chi connectivity index (χ3v) is 7.67. The van der Waals surface area contributed by atoms with Gasteiger partial charge in [-0.15, -0.1) is 0 Å². The van der Waals surface area contributed by atoms with Crippen molar-refractivity contribution in [3.63, 3.8) is 0 Å². The molecule has 0 aliphatic carbocycles. The molecule has 1 aliphatic rings. The Labute approximate surface area is 239 Å². The van der Waals surface area contributed by atoms with Gasteiger partial charge in [0.25, 0.3) is 5.91 Å². The summed E-state index contributed by atoms with van der Waals surface area (Å²) in [6.07, 6.45) is 3.67. The van der Waals surface area contributed by atoms with Gasteiger partial charge in [0.2, 0.25) is 0 Å². The predicted octanol–water partition coefficient (Wildman–Crippen LogP) is 5.11. The van der Waals surface area contributed by atoms with Gasteiger partial charge in [-0.1, -0.05) is 23.7 Å². The average Bonchev–Trinajstić information content (AvgIpc) is 3.40. The van der Waals surface area contributed by atoms with E-state index in [4.69, 9.17) is 26.1 Å². The highest BCUT2D eigenvalue weighted by molar-refractivity contribution is 6.34. The van der Waals surface area contributed by atoms with Crippen LogP contribution in [0.25, 0.3) is 22.6 Å². The van der Waals surface area contributed by atoms with Crippen molar-refractivity contribution >= 4 is 34.4 Å². The minimum absolute atomic E-state index is 0.0291. The van der Waals surface area contributed by atoms with E-state index in [1.165, 1.54) is 5.56 Å². The molecule has 4 aromatic rings. The van der Waals surface area contributed by atoms with E-state index in [1.807, 2.05) is 38.1 Å². The van der Waals surface area contributed by atoms with Crippen LogP contribution in [0.3, 0.4) is 0 Å². The number of piperidine rings is 1. The standard InChI is InChI=1S/C30H35ClN6O3/c1-18-14-25(40-17-26(38)32-3)19(2)13-23(18)29-35-28-27(24(31)15-33-30(28)36-29)34-21-9-11-37(12-10-21)16-20-5-7-22(39-4)8-6-20/h5-8,13-15,21H,9-12,16-17H2,1-4H3,(H,32,38)(H2,33,34,35,36). The zero-order valence-corrected chi connectivity index (χ0v) is 24.1. The molecule has 5 rings (SSSR count). The number of anilines is 1. The summed E-state index contributed by atoms with van der Waals surface area (Å²) in [5, 5.41) is 6.79. The van der Waals surface area contributed by atoms with Gasteiger partial charge < -0.3 is 25.1 Å². The Morgan fingerprint density at radius 3 is 2.60 bits per heavy atom. The highest BCUT2D eigenvalue weighted by Crippen LogP contribution is 2.34. The number of likely N-dealkylation sites (N-methyl/N-ethyl adjacent to an activating group) is 1. The fourth-order valence-corrected chi connectivity index (χ4v) is 5.23. The molecular weight excluding hydrogens is 528 g/mol.